The number of rotatable bonds is 3. The Morgan fingerprint density at radius 2 is 1.82 bits per heavy atom. The van der Waals surface area contributed by atoms with Crippen LogP contribution >= 0.6 is 0 Å². The van der Waals surface area contributed by atoms with Gasteiger partial charge in [0.15, 0.2) is 0 Å². The van der Waals surface area contributed by atoms with Crippen LogP contribution in [0.5, 0.6) is 0 Å². The minimum absolute atomic E-state index is 0.316. The van der Waals surface area contributed by atoms with E-state index >= 15 is 0 Å². The molecule has 0 aromatic carbocycles. The van der Waals surface area contributed by atoms with Crippen molar-refractivity contribution in [3.63, 3.8) is 0 Å². The van der Waals surface area contributed by atoms with Crippen molar-refractivity contribution in [3.05, 3.63) is 0 Å². The summed E-state index contributed by atoms with van der Waals surface area (Å²) in [7, 11) is 2.17. The molecule has 98 valence electrons. The molecule has 17 heavy (non-hydrogen) atoms. The average molecular weight is 237 g/mol. The van der Waals surface area contributed by atoms with Gasteiger partial charge in [-0.15, -0.1) is 0 Å². The van der Waals surface area contributed by atoms with Crippen LogP contribution in [-0.4, -0.2) is 25.3 Å². The number of hydrogen-bond donors (Lipinski definition) is 1. The van der Waals surface area contributed by atoms with E-state index in [9.17, 15) is 0 Å². The molecule has 3 fully saturated rings. The van der Waals surface area contributed by atoms with E-state index in [1.54, 1.807) is 0 Å². The zero-order valence-corrected chi connectivity index (χ0v) is 11.2. The summed E-state index contributed by atoms with van der Waals surface area (Å²) >= 11 is 0. The summed E-state index contributed by atoms with van der Waals surface area (Å²) < 4.78 is 6.06. The minimum atomic E-state index is 0.316. The molecule has 0 aromatic heterocycles. The smallest absolute Gasteiger partial charge is 0.0685 e. The molecule has 2 heteroatoms. The van der Waals surface area contributed by atoms with Crippen LogP contribution in [0, 0.1) is 11.8 Å². The zero-order valence-electron chi connectivity index (χ0n) is 11.2. The van der Waals surface area contributed by atoms with Gasteiger partial charge in [0.2, 0.25) is 0 Å². The molecule has 0 aromatic rings. The van der Waals surface area contributed by atoms with Crippen LogP contribution in [-0.2, 0) is 4.74 Å². The van der Waals surface area contributed by atoms with E-state index in [2.05, 4.69) is 12.4 Å². The zero-order chi connectivity index (χ0) is 11.7. The van der Waals surface area contributed by atoms with Crippen molar-refractivity contribution in [2.45, 2.75) is 69.4 Å². The van der Waals surface area contributed by atoms with Crippen LogP contribution in [0.2, 0.25) is 0 Å². The Labute approximate surface area is 105 Å². The third-order valence-corrected chi connectivity index (χ3v) is 5.54. The van der Waals surface area contributed by atoms with Gasteiger partial charge in [0.05, 0.1) is 5.60 Å². The maximum absolute atomic E-state index is 6.06. The van der Waals surface area contributed by atoms with E-state index in [-0.39, 0.29) is 0 Å². The summed E-state index contributed by atoms with van der Waals surface area (Å²) in [6.45, 7) is 1.01. The second kappa shape index (κ2) is 4.89. The fourth-order valence-electron chi connectivity index (χ4n) is 4.46. The summed E-state index contributed by atoms with van der Waals surface area (Å²) in [5.41, 5.74) is 0.316. The lowest BCUT2D eigenvalue weighted by atomic mass is 9.69. The van der Waals surface area contributed by atoms with E-state index in [0.717, 1.165) is 24.5 Å². The minimum Gasteiger partial charge on any atom is -0.375 e. The van der Waals surface area contributed by atoms with Crippen LogP contribution in [0.4, 0.5) is 0 Å². The normalized spacial score (nSPS) is 34.8. The highest BCUT2D eigenvalue weighted by Crippen LogP contribution is 2.46. The molecule has 1 aliphatic heterocycles. The van der Waals surface area contributed by atoms with E-state index in [0.29, 0.717) is 5.60 Å². The monoisotopic (exact) mass is 237 g/mol. The van der Waals surface area contributed by atoms with Gasteiger partial charge >= 0.3 is 0 Å². The van der Waals surface area contributed by atoms with E-state index in [4.69, 9.17) is 4.74 Å². The van der Waals surface area contributed by atoms with E-state index < -0.39 is 0 Å². The van der Waals surface area contributed by atoms with Crippen molar-refractivity contribution >= 4 is 0 Å². The van der Waals surface area contributed by atoms with Crippen LogP contribution in [0.3, 0.4) is 0 Å². The Hall–Kier alpha value is -0.0800. The van der Waals surface area contributed by atoms with Crippen LogP contribution in [0.25, 0.3) is 0 Å². The third-order valence-electron chi connectivity index (χ3n) is 5.54. The second-order valence-electron chi connectivity index (χ2n) is 6.50. The largest absolute Gasteiger partial charge is 0.375 e. The van der Waals surface area contributed by atoms with Crippen LogP contribution in [0.1, 0.15) is 57.8 Å². The molecule has 2 unspecified atom stereocenters. The van der Waals surface area contributed by atoms with Crippen molar-refractivity contribution in [3.8, 4) is 0 Å². The van der Waals surface area contributed by atoms with Gasteiger partial charge in [0, 0.05) is 12.6 Å². The highest BCUT2D eigenvalue weighted by molar-refractivity contribution is 4.98. The lowest BCUT2D eigenvalue weighted by molar-refractivity contribution is -0.148. The molecule has 2 saturated carbocycles. The summed E-state index contributed by atoms with van der Waals surface area (Å²) in [6, 6.07) is 0.763. The first-order chi connectivity index (χ1) is 8.33. The standard InChI is InChI=1S/C15H27NO/c1-16-14(12-5-2-3-6-12)13-7-10-17-15(11-13)8-4-9-15/h12-14,16H,2-11H2,1H3. The van der Waals surface area contributed by atoms with Crippen molar-refractivity contribution < 1.29 is 4.74 Å². The lowest BCUT2D eigenvalue weighted by Crippen LogP contribution is -2.51. The predicted molar refractivity (Wildman–Crippen MR) is 70.1 cm³/mol. The Morgan fingerprint density at radius 1 is 1.06 bits per heavy atom. The molecule has 1 N–H and O–H groups in total. The molecule has 3 aliphatic rings. The molecule has 2 atom stereocenters. The quantitative estimate of drug-likeness (QED) is 0.814. The summed E-state index contributed by atoms with van der Waals surface area (Å²) in [4.78, 5) is 0. The highest BCUT2D eigenvalue weighted by atomic mass is 16.5. The van der Waals surface area contributed by atoms with Gasteiger partial charge in [-0.05, 0) is 63.8 Å². The molecule has 1 saturated heterocycles. The fraction of sp³-hybridized carbons (Fsp3) is 1.00. The first-order valence-corrected chi connectivity index (χ1v) is 7.64. The van der Waals surface area contributed by atoms with Gasteiger partial charge < -0.3 is 10.1 Å². The second-order valence-corrected chi connectivity index (χ2v) is 6.50. The molecule has 0 bridgehead atoms. The molecule has 3 rings (SSSR count). The Balaban J connectivity index is 1.64. The maximum atomic E-state index is 6.06. The van der Waals surface area contributed by atoms with Crippen molar-refractivity contribution in [1.82, 2.24) is 5.32 Å². The molecule has 1 spiro atoms. The fourth-order valence-corrected chi connectivity index (χ4v) is 4.46. The van der Waals surface area contributed by atoms with Gasteiger partial charge in [0.1, 0.15) is 0 Å². The molecule has 1 heterocycles. The first-order valence-electron chi connectivity index (χ1n) is 7.64. The summed E-state index contributed by atoms with van der Waals surface area (Å²) in [5, 5.41) is 3.64. The molecule has 2 nitrogen and oxygen atoms in total. The Kier molecular flexibility index (Phi) is 3.45. The summed E-state index contributed by atoms with van der Waals surface area (Å²) in [5.74, 6) is 1.82. The Bertz CT molecular complexity index is 256. The first kappa shape index (κ1) is 12.0. The molecule has 2 aliphatic carbocycles. The molecule has 0 amide bonds. The topological polar surface area (TPSA) is 21.3 Å². The predicted octanol–water partition coefficient (Wildman–Crippen LogP) is 3.11. The van der Waals surface area contributed by atoms with Gasteiger partial charge in [-0.3, -0.25) is 0 Å². The van der Waals surface area contributed by atoms with E-state index in [1.165, 1.54) is 57.8 Å². The van der Waals surface area contributed by atoms with Crippen molar-refractivity contribution in [2.24, 2.45) is 11.8 Å². The van der Waals surface area contributed by atoms with Gasteiger partial charge in [-0.2, -0.15) is 0 Å². The SMILES string of the molecule is CNC(C1CCCC1)C1CCOC2(CCC2)C1. The molecule has 0 radical (unpaired) electrons. The number of hydrogen-bond acceptors (Lipinski definition) is 2. The van der Waals surface area contributed by atoms with Crippen LogP contribution < -0.4 is 5.32 Å². The van der Waals surface area contributed by atoms with Crippen molar-refractivity contribution in [2.75, 3.05) is 13.7 Å². The number of nitrogens with one attached hydrogen (secondary N) is 1. The molecular formula is C15H27NO. The van der Waals surface area contributed by atoms with Gasteiger partial charge in [-0.25, -0.2) is 0 Å². The third kappa shape index (κ3) is 2.26. The van der Waals surface area contributed by atoms with Gasteiger partial charge in [0.25, 0.3) is 0 Å². The summed E-state index contributed by atoms with van der Waals surface area (Å²) in [6.07, 6.45) is 12.5. The van der Waals surface area contributed by atoms with E-state index in [1.807, 2.05) is 0 Å². The van der Waals surface area contributed by atoms with Gasteiger partial charge in [-0.1, -0.05) is 12.8 Å². The maximum Gasteiger partial charge on any atom is 0.0685 e. The number of ether oxygens (including phenoxy) is 1. The Morgan fingerprint density at radius 3 is 2.41 bits per heavy atom. The average Bonchev–Trinajstić information content (AvgIpc) is 2.82. The molecular weight excluding hydrogens is 210 g/mol. The highest BCUT2D eigenvalue weighted by Gasteiger charge is 2.45. The lowest BCUT2D eigenvalue weighted by Gasteiger charge is -2.49. The van der Waals surface area contributed by atoms with Crippen LogP contribution in [0.15, 0.2) is 0 Å². The van der Waals surface area contributed by atoms with Crippen molar-refractivity contribution in [1.29, 1.82) is 0 Å².